The second-order valence-corrected chi connectivity index (χ2v) is 4.53. The molecule has 1 aliphatic rings. The van der Waals surface area contributed by atoms with Gasteiger partial charge in [-0.1, -0.05) is 34.1 Å². The highest BCUT2D eigenvalue weighted by Crippen LogP contribution is 2.32. The summed E-state index contributed by atoms with van der Waals surface area (Å²) >= 11 is 3.08. The Morgan fingerprint density at radius 2 is 2.18 bits per heavy atom. The molecule has 0 aliphatic carbocycles. The summed E-state index contributed by atoms with van der Waals surface area (Å²) in [5, 5.41) is 11.5. The van der Waals surface area contributed by atoms with Crippen molar-refractivity contribution in [3.05, 3.63) is 29.8 Å². The van der Waals surface area contributed by atoms with Crippen LogP contribution in [0.15, 0.2) is 24.3 Å². The zero-order chi connectivity index (χ0) is 12.4. The fourth-order valence-electron chi connectivity index (χ4n) is 1.48. The molecule has 1 amide bonds. The van der Waals surface area contributed by atoms with Gasteiger partial charge in [-0.25, -0.2) is 0 Å². The molecule has 1 aromatic rings. The molecule has 2 rings (SSSR count). The van der Waals surface area contributed by atoms with Crippen molar-refractivity contribution in [3.8, 4) is 5.75 Å². The molecule has 2 N–H and O–H groups in total. The van der Waals surface area contributed by atoms with Gasteiger partial charge in [-0.05, 0) is 6.07 Å². The number of carbonyl (C=O) groups is 2. The van der Waals surface area contributed by atoms with Gasteiger partial charge in [0.25, 0.3) is 0 Å². The van der Waals surface area contributed by atoms with Crippen LogP contribution in [0.4, 0.5) is 0 Å². The number of benzene rings is 1. The summed E-state index contributed by atoms with van der Waals surface area (Å²) in [5.41, 5.74) is 0.529. The van der Waals surface area contributed by atoms with Gasteiger partial charge in [0.1, 0.15) is 10.6 Å². The molecular weight excluding hydrogens is 290 g/mol. The maximum Gasteiger partial charge on any atom is 0.321 e. The SMILES string of the molecule is O=C1CC(Oc2ccccc2C(Br)C(=O)O)N1. The topological polar surface area (TPSA) is 75.6 Å². The number of alkyl halides is 1. The monoisotopic (exact) mass is 299 g/mol. The third-order valence-electron chi connectivity index (χ3n) is 2.37. The molecule has 0 radical (unpaired) electrons. The van der Waals surface area contributed by atoms with Crippen LogP contribution in [0.2, 0.25) is 0 Å². The number of hydrogen-bond acceptors (Lipinski definition) is 3. The average Bonchev–Trinajstić information content (AvgIpc) is 2.26. The molecule has 0 bridgehead atoms. The van der Waals surface area contributed by atoms with Crippen molar-refractivity contribution in [2.75, 3.05) is 0 Å². The molecule has 1 saturated heterocycles. The van der Waals surface area contributed by atoms with Crippen molar-refractivity contribution in [3.63, 3.8) is 0 Å². The van der Waals surface area contributed by atoms with Crippen LogP contribution >= 0.6 is 15.9 Å². The molecule has 90 valence electrons. The van der Waals surface area contributed by atoms with Crippen LogP contribution in [0.1, 0.15) is 16.8 Å². The Kier molecular flexibility index (Phi) is 3.33. The molecule has 2 atom stereocenters. The number of β-lactam (4-membered cyclic amide) rings is 1. The van der Waals surface area contributed by atoms with E-state index in [0.29, 0.717) is 17.7 Å². The summed E-state index contributed by atoms with van der Waals surface area (Å²) in [7, 11) is 0. The number of nitrogens with one attached hydrogen (secondary N) is 1. The molecule has 2 unspecified atom stereocenters. The number of rotatable bonds is 4. The van der Waals surface area contributed by atoms with Crippen molar-refractivity contribution < 1.29 is 19.4 Å². The number of amides is 1. The van der Waals surface area contributed by atoms with Crippen LogP contribution in [-0.2, 0) is 9.59 Å². The lowest BCUT2D eigenvalue weighted by Gasteiger charge is -2.28. The molecule has 1 aliphatic heterocycles. The van der Waals surface area contributed by atoms with Gasteiger partial charge < -0.3 is 15.2 Å². The van der Waals surface area contributed by atoms with Gasteiger partial charge in [0.2, 0.25) is 5.91 Å². The standard InChI is InChI=1S/C11H10BrNO4/c12-10(11(15)16)6-3-1-2-4-7(6)17-9-5-8(14)13-9/h1-4,9-10H,5H2,(H,13,14)(H,15,16). The molecule has 5 nitrogen and oxygen atoms in total. The highest BCUT2D eigenvalue weighted by atomic mass is 79.9. The van der Waals surface area contributed by atoms with E-state index in [2.05, 4.69) is 21.2 Å². The number of ether oxygens (including phenoxy) is 1. The van der Waals surface area contributed by atoms with Gasteiger partial charge in [-0.2, -0.15) is 0 Å². The number of carboxylic acids is 1. The summed E-state index contributed by atoms with van der Waals surface area (Å²) in [6, 6.07) is 6.83. The van der Waals surface area contributed by atoms with Crippen molar-refractivity contribution in [1.82, 2.24) is 5.32 Å². The fourth-order valence-corrected chi connectivity index (χ4v) is 1.86. The van der Waals surface area contributed by atoms with Gasteiger partial charge in [0.15, 0.2) is 6.23 Å². The normalized spacial score (nSPS) is 20.1. The highest BCUT2D eigenvalue weighted by molar-refractivity contribution is 9.09. The van der Waals surface area contributed by atoms with E-state index >= 15 is 0 Å². The molecule has 1 aromatic carbocycles. The fraction of sp³-hybridized carbons (Fsp3) is 0.273. The smallest absolute Gasteiger partial charge is 0.321 e. The Bertz CT molecular complexity index is 455. The molecule has 0 aromatic heterocycles. The third-order valence-corrected chi connectivity index (χ3v) is 3.26. The van der Waals surface area contributed by atoms with E-state index in [0.717, 1.165) is 0 Å². The van der Waals surface area contributed by atoms with Crippen LogP contribution in [-0.4, -0.2) is 23.2 Å². The van der Waals surface area contributed by atoms with E-state index in [1.807, 2.05) is 0 Å². The number of aliphatic carboxylic acids is 1. The summed E-state index contributed by atoms with van der Waals surface area (Å²) in [6.07, 6.45) is -0.0638. The summed E-state index contributed by atoms with van der Waals surface area (Å²) < 4.78 is 5.50. The summed E-state index contributed by atoms with van der Waals surface area (Å²) in [6.45, 7) is 0. The van der Waals surface area contributed by atoms with Crippen LogP contribution < -0.4 is 10.1 Å². The van der Waals surface area contributed by atoms with Crippen LogP contribution in [0.3, 0.4) is 0 Å². The first-order chi connectivity index (χ1) is 8.08. The molecule has 17 heavy (non-hydrogen) atoms. The summed E-state index contributed by atoms with van der Waals surface area (Å²) in [5.74, 6) is -0.596. The average molecular weight is 300 g/mol. The molecule has 6 heteroatoms. The maximum atomic E-state index is 10.9. The van der Waals surface area contributed by atoms with Gasteiger partial charge in [0.05, 0.1) is 6.42 Å². The molecule has 0 saturated carbocycles. The Hall–Kier alpha value is -1.56. The van der Waals surface area contributed by atoms with E-state index < -0.39 is 10.8 Å². The molecular formula is C11H10BrNO4. The van der Waals surface area contributed by atoms with Crippen molar-refractivity contribution in [2.45, 2.75) is 17.5 Å². The lowest BCUT2D eigenvalue weighted by Crippen LogP contribution is -2.52. The number of para-hydroxylation sites is 1. The zero-order valence-electron chi connectivity index (χ0n) is 8.72. The Balaban J connectivity index is 2.15. The zero-order valence-corrected chi connectivity index (χ0v) is 10.3. The second kappa shape index (κ2) is 4.75. The Morgan fingerprint density at radius 1 is 1.53 bits per heavy atom. The van der Waals surface area contributed by atoms with Crippen molar-refractivity contribution in [1.29, 1.82) is 0 Å². The molecule has 1 fully saturated rings. The quantitative estimate of drug-likeness (QED) is 0.651. The first-order valence-corrected chi connectivity index (χ1v) is 5.91. The predicted octanol–water partition coefficient (Wildman–Crippen LogP) is 1.43. The van der Waals surface area contributed by atoms with Gasteiger partial charge in [0, 0.05) is 5.56 Å². The maximum absolute atomic E-state index is 10.9. The highest BCUT2D eigenvalue weighted by Gasteiger charge is 2.29. The predicted molar refractivity (Wildman–Crippen MR) is 62.9 cm³/mol. The Labute approximate surface area is 106 Å². The van der Waals surface area contributed by atoms with Gasteiger partial charge in [-0.3, -0.25) is 9.59 Å². The van der Waals surface area contributed by atoms with Gasteiger partial charge >= 0.3 is 5.97 Å². The van der Waals surface area contributed by atoms with Crippen molar-refractivity contribution >= 4 is 27.8 Å². The molecule has 0 spiro atoms. The second-order valence-electron chi connectivity index (χ2n) is 3.62. The number of carboxylic acid groups (broad SMARTS) is 1. The van der Waals surface area contributed by atoms with E-state index in [1.165, 1.54) is 0 Å². The Morgan fingerprint density at radius 3 is 2.76 bits per heavy atom. The lowest BCUT2D eigenvalue weighted by atomic mass is 10.1. The first-order valence-electron chi connectivity index (χ1n) is 5.00. The number of carbonyl (C=O) groups excluding carboxylic acids is 1. The first kappa shape index (κ1) is 11.9. The number of hydrogen-bond donors (Lipinski definition) is 2. The lowest BCUT2D eigenvalue weighted by molar-refractivity contribution is -0.137. The molecule has 1 heterocycles. The summed E-state index contributed by atoms with van der Waals surface area (Å²) in [4.78, 5) is 20.8. The van der Waals surface area contributed by atoms with Crippen LogP contribution in [0, 0.1) is 0 Å². The minimum Gasteiger partial charge on any atom is -0.480 e. The largest absolute Gasteiger partial charge is 0.480 e. The third kappa shape index (κ3) is 2.58. The van der Waals surface area contributed by atoms with E-state index in [1.54, 1.807) is 24.3 Å². The van der Waals surface area contributed by atoms with Crippen molar-refractivity contribution in [2.24, 2.45) is 0 Å². The van der Waals surface area contributed by atoms with Gasteiger partial charge in [-0.15, -0.1) is 0 Å². The van der Waals surface area contributed by atoms with Crippen LogP contribution in [0.25, 0.3) is 0 Å². The van der Waals surface area contributed by atoms with E-state index in [9.17, 15) is 9.59 Å². The minimum absolute atomic E-state index is 0.0684. The minimum atomic E-state index is -0.987. The number of halogens is 1. The van der Waals surface area contributed by atoms with E-state index in [-0.39, 0.29) is 12.1 Å². The van der Waals surface area contributed by atoms with E-state index in [4.69, 9.17) is 9.84 Å². The van der Waals surface area contributed by atoms with Crippen LogP contribution in [0.5, 0.6) is 5.75 Å².